The first kappa shape index (κ1) is 17.2. The summed E-state index contributed by atoms with van der Waals surface area (Å²) in [6, 6.07) is 0. The van der Waals surface area contributed by atoms with Crippen LogP contribution in [0.15, 0.2) is 0 Å². The Bertz CT molecular complexity index is 403. The van der Waals surface area contributed by atoms with Gasteiger partial charge >= 0.3 is 0 Å². The molecular weight excluding hydrogens is 284 g/mol. The highest BCUT2D eigenvalue weighted by Crippen LogP contribution is 2.28. The molecule has 1 aliphatic carbocycles. The quantitative estimate of drug-likeness (QED) is 0.819. The lowest BCUT2D eigenvalue weighted by molar-refractivity contribution is 0.254. The summed E-state index contributed by atoms with van der Waals surface area (Å²) in [5, 5.41) is 3.38. The van der Waals surface area contributed by atoms with Crippen molar-refractivity contribution in [2.45, 2.75) is 64.0 Å². The molecule has 4 nitrogen and oxygen atoms in total. The van der Waals surface area contributed by atoms with Crippen molar-refractivity contribution in [2.75, 3.05) is 26.2 Å². The van der Waals surface area contributed by atoms with E-state index in [4.69, 9.17) is 0 Å². The van der Waals surface area contributed by atoms with Crippen molar-refractivity contribution in [3.05, 3.63) is 0 Å². The van der Waals surface area contributed by atoms with Crippen LogP contribution in [-0.4, -0.2) is 44.2 Å². The molecule has 2 fully saturated rings. The SMILES string of the molecule is CC(C)CNCC1CCCN(S(=O)(=O)C2CCCCC2)C1. The highest BCUT2D eigenvalue weighted by Gasteiger charge is 2.35. The third-order valence-electron chi connectivity index (χ3n) is 4.80. The van der Waals surface area contributed by atoms with Crippen LogP contribution in [0.1, 0.15) is 58.8 Å². The van der Waals surface area contributed by atoms with Crippen LogP contribution in [0.25, 0.3) is 0 Å². The topological polar surface area (TPSA) is 49.4 Å². The Morgan fingerprint density at radius 2 is 1.81 bits per heavy atom. The fourth-order valence-electron chi connectivity index (χ4n) is 3.57. The fraction of sp³-hybridized carbons (Fsp3) is 1.00. The Hall–Kier alpha value is -0.130. The predicted molar refractivity (Wildman–Crippen MR) is 87.8 cm³/mol. The Kier molecular flexibility index (Phi) is 6.51. The van der Waals surface area contributed by atoms with Gasteiger partial charge in [0.1, 0.15) is 0 Å². The van der Waals surface area contributed by atoms with Gasteiger partial charge in [-0.25, -0.2) is 12.7 Å². The number of hydrogen-bond acceptors (Lipinski definition) is 3. The number of sulfonamides is 1. The van der Waals surface area contributed by atoms with Gasteiger partial charge in [-0.1, -0.05) is 33.1 Å². The second kappa shape index (κ2) is 7.93. The van der Waals surface area contributed by atoms with Gasteiger partial charge in [0.25, 0.3) is 0 Å². The van der Waals surface area contributed by atoms with E-state index < -0.39 is 10.0 Å². The predicted octanol–water partition coefficient (Wildman–Crippen LogP) is 2.61. The van der Waals surface area contributed by atoms with Gasteiger partial charge in [-0.2, -0.15) is 0 Å². The van der Waals surface area contributed by atoms with Crippen molar-refractivity contribution in [3.63, 3.8) is 0 Å². The zero-order chi connectivity index (χ0) is 15.3. The molecular formula is C16H32N2O2S. The summed E-state index contributed by atoms with van der Waals surface area (Å²) >= 11 is 0. The van der Waals surface area contributed by atoms with E-state index in [0.29, 0.717) is 11.8 Å². The van der Waals surface area contributed by atoms with Crippen LogP contribution in [0.2, 0.25) is 0 Å². The van der Waals surface area contributed by atoms with Crippen LogP contribution in [0.5, 0.6) is 0 Å². The number of hydrogen-bond donors (Lipinski definition) is 1. The fourth-order valence-corrected chi connectivity index (χ4v) is 5.73. The van der Waals surface area contributed by atoms with E-state index in [1.165, 1.54) is 6.42 Å². The maximum atomic E-state index is 12.8. The standard InChI is InChI=1S/C16H32N2O2S/c1-14(2)11-17-12-15-7-6-10-18(13-15)21(19,20)16-8-4-3-5-9-16/h14-17H,3-13H2,1-2H3. The van der Waals surface area contributed by atoms with Crippen molar-refractivity contribution < 1.29 is 8.42 Å². The summed E-state index contributed by atoms with van der Waals surface area (Å²) in [6.07, 6.45) is 7.27. The average molecular weight is 317 g/mol. The Morgan fingerprint density at radius 3 is 2.48 bits per heavy atom. The van der Waals surface area contributed by atoms with E-state index in [2.05, 4.69) is 19.2 Å². The van der Waals surface area contributed by atoms with Crippen LogP contribution in [-0.2, 0) is 10.0 Å². The molecule has 1 atom stereocenters. The summed E-state index contributed by atoms with van der Waals surface area (Å²) in [5.74, 6) is 1.13. The summed E-state index contributed by atoms with van der Waals surface area (Å²) < 4.78 is 27.3. The lowest BCUT2D eigenvalue weighted by atomic mass is 9.99. The molecule has 0 radical (unpaired) electrons. The van der Waals surface area contributed by atoms with Crippen LogP contribution in [0.4, 0.5) is 0 Å². The maximum absolute atomic E-state index is 12.8. The second-order valence-electron chi connectivity index (χ2n) is 7.22. The molecule has 2 aliphatic rings. The minimum atomic E-state index is -3.05. The normalized spacial score (nSPS) is 26.3. The van der Waals surface area contributed by atoms with Gasteiger partial charge in [-0.05, 0) is 50.6 Å². The van der Waals surface area contributed by atoms with Crippen molar-refractivity contribution >= 4 is 10.0 Å². The smallest absolute Gasteiger partial charge is 0.216 e. The molecule has 1 aliphatic heterocycles. The molecule has 124 valence electrons. The number of piperidine rings is 1. The molecule has 0 amide bonds. The highest BCUT2D eigenvalue weighted by atomic mass is 32.2. The molecule has 21 heavy (non-hydrogen) atoms. The van der Waals surface area contributed by atoms with E-state index in [9.17, 15) is 8.42 Å². The van der Waals surface area contributed by atoms with E-state index >= 15 is 0 Å². The van der Waals surface area contributed by atoms with Crippen molar-refractivity contribution in [3.8, 4) is 0 Å². The molecule has 2 rings (SSSR count). The van der Waals surface area contributed by atoms with Crippen molar-refractivity contribution in [1.29, 1.82) is 0 Å². The molecule has 0 aromatic carbocycles. The zero-order valence-electron chi connectivity index (χ0n) is 13.7. The highest BCUT2D eigenvalue weighted by molar-refractivity contribution is 7.89. The number of nitrogens with zero attached hydrogens (tertiary/aromatic N) is 1. The van der Waals surface area contributed by atoms with E-state index in [-0.39, 0.29) is 5.25 Å². The Morgan fingerprint density at radius 1 is 1.10 bits per heavy atom. The van der Waals surface area contributed by atoms with Gasteiger partial charge in [0, 0.05) is 13.1 Å². The lowest BCUT2D eigenvalue weighted by Gasteiger charge is -2.35. The van der Waals surface area contributed by atoms with Crippen LogP contribution in [0, 0.1) is 11.8 Å². The lowest BCUT2D eigenvalue weighted by Crippen LogP contribution is -2.47. The monoisotopic (exact) mass is 316 g/mol. The third kappa shape index (κ3) is 4.93. The first-order valence-corrected chi connectivity index (χ1v) is 10.2. The minimum absolute atomic E-state index is 0.103. The molecule has 1 saturated carbocycles. The van der Waals surface area contributed by atoms with Gasteiger partial charge in [0.15, 0.2) is 0 Å². The van der Waals surface area contributed by atoms with Crippen LogP contribution < -0.4 is 5.32 Å². The molecule has 0 spiro atoms. The van der Waals surface area contributed by atoms with E-state index in [1.807, 2.05) is 0 Å². The molecule has 0 aromatic heterocycles. The Balaban J connectivity index is 1.87. The van der Waals surface area contributed by atoms with Gasteiger partial charge < -0.3 is 5.32 Å². The van der Waals surface area contributed by atoms with Gasteiger partial charge in [-0.3, -0.25) is 0 Å². The zero-order valence-corrected chi connectivity index (χ0v) is 14.5. The van der Waals surface area contributed by atoms with Gasteiger partial charge in [0.05, 0.1) is 5.25 Å². The molecule has 1 saturated heterocycles. The Labute approximate surface area is 130 Å². The number of nitrogens with one attached hydrogen (secondary N) is 1. The summed E-state index contributed by atoms with van der Waals surface area (Å²) in [6.45, 7) is 7.84. The maximum Gasteiger partial charge on any atom is 0.216 e. The molecule has 0 bridgehead atoms. The van der Waals surface area contributed by atoms with Crippen molar-refractivity contribution in [2.24, 2.45) is 11.8 Å². The third-order valence-corrected chi connectivity index (χ3v) is 7.17. The molecule has 0 aromatic rings. The first-order valence-electron chi connectivity index (χ1n) is 8.70. The van der Waals surface area contributed by atoms with Crippen LogP contribution in [0.3, 0.4) is 0 Å². The first-order chi connectivity index (χ1) is 10.00. The second-order valence-corrected chi connectivity index (χ2v) is 9.44. The van der Waals surface area contributed by atoms with Gasteiger partial charge in [0.2, 0.25) is 10.0 Å². The molecule has 1 N–H and O–H groups in total. The largest absolute Gasteiger partial charge is 0.316 e. The molecule has 5 heteroatoms. The minimum Gasteiger partial charge on any atom is -0.316 e. The van der Waals surface area contributed by atoms with E-state index in [0.717, 1.165) is 64.7 Å². The molecule has 1 unspecified atom stereocenters. The number of rotatable bonds is 6. The van der Waals surface area contributed by atoms with Crippen LogP contribution >= 0.6 is 0 Å². The summed E-state index contributed by atoms with van der Waals surface area (Å²) in [5.41, 5.74) is 0. The summed E-state index contributed by atoms with van der Waals surface area (Å²) in [4.78, 5) is 0. The van der Waals surface area contributed by atoms with Gasteiger partial charge in [-0.15, -0.1) is 0 Å². The van der Waals surface area contributed by atoms with Crippen molar-refractivity contribution in [1.82, 2.24) is 9.62 Å². The average Bonchev–Trinajstić information content (AvgIpc) is 2.48. The molecule has 1 heterocycles. The summed E-state index contributed by atoms with van der Waals surface area (Å²) in [7, 11) is -3.05. The van der Waals surface area contributed by atoms with E-state index in [1.54, 1.807) is 4.31 Å².